The third kappa shape index (κ3) is 3.42. The molecule has 0 amide bonds. The van der Waals surface area contributed by atoms with Crippen LogP contribution >= 0.6 is 11.6 Å². The van der Waals surface area contributed by atoms with Crippen LogP contribution in [-0.2, 0) is 0 Å². The van der Waals surface area contributed by atoms with Gasteiger partial charge in [-0.3, -0.25) is 0 Å². The molecule has 1 aromatic carbocycles. The van der Waals surface area contributed by atoms with Gasteiger partial charge in [0.15, 0.2) is 5.82 Å². The molecule has 1 unspecified atom stereocenters. The summed E-state index contributed by atoms with van der Waals surface area (Å²) in [6.07, 6.45) is 2.78. The number of nitrogens with zero attached hydrogens (tertiary/aromatic N) is 2. The zero-order valence-corrected chi connectivity index (χ0v) is 12.9. The SMILES string of the molecule is CCC(Nc1cccnc1N(C)C)c1cccc(Cl)c1. The second kappa shape index (κ2) is 6.62. The van der Waals surface area contributed by atoms with Crippen molar-refractivity contribution in [2.75, 3.05) is 24.3 Å². The molecule has 2 aromatic rings. The van der Waals surface area contributed by atoms with Gasteiger partial charge < -0.3 is 10.2 Å². The minimum Gasteiger partial charge on any atom is -0.375 e. The van der Waals surface area contributed by atoms with Gasteiger partial charge in [-0.25, -0.2) is 4.98 Å². The Morgan fingerprint density at radius 2 is 2.05 bits per heavy atom. The predicted octanol–water partition coefficient (Wildman–Crippen LogP) is 4.36. The average molecular weight is 290 g/mol. The van der Waals surface area contributed by atoms with Crippen molar-refractivity contribution in [3.8, 4) is 0 Å². The molecule has 0 fully saturated rings. The molecule has 0 spiro atoms. The van der Waals surface area contributed by atoms with Crippen molar-refractivity contribution in [2.24, 2.45) is 0 Å². The fraction of sp³-hybridized carbons (Fsp3) is 0.312. The van der Waals surface area contributed by atoms with Gasteiger partial charge >= 0.3 is 0 Å². The Balaban J connectivity index is 2.27. The van der Waals surface area contributed by atoms with Crippen molar-refractivity contribution in [2.45, 2.75) is 19.4 Å². The predicted molar refractivity (Wildman–Crippen MR) is 86.7 cm³/mol. The van der Waals surface area contributed by atoms with Crippen molar-refractivity contribution in [1.82, 2.24) is 4.98 Å². The number of benzene rings is 1. The van der Waals surface area contributed by atoms with Crippen LogP contribution in [0.4, 0.5) is 11.5 Å². The van der Waals surface area contributed by atoms with E-state index in [4.69, 9.17) is 11.6 Å². The third-order valence-corrected chi connectivity index (χ3v) is 3.43. The van der Waals surface area contributed by atoms with Gasteiger partial charge in [0, 0.05) is 25.3 Å². The number of halogens is 1. The van der Waals surface area contributed by atoms with E-state index in [1.54, 1.807) is 6.20 Å². The molecule has 1 aromatic heterocycles. The summed E-state index contributed by atoms with van der Waals surface area (Å²) in [5, 5.41) is 4.32. The zero-order valence-electron chi connectivity index (χ0n) is 12.1. The summed E-state index contributed by atoms with van der Waals surface area (Å²) in [5.41, 5.74) is 2.22. The Bertz CT molecular complexity index is 569. The summed E-state index contributed by atoms with van der Waals surface area (Å²) in [7, 11) is 3.99. The smallest absolute Gasteiger partial charge is 0.151 e. The summed E-state index contributed by atoms with van der Waals surface area (Å²) in [5.74, 6) is 0.938. The van der Waals surface area contributed by atoms with Gasteiger partial charge in [-0.15, -0.1) is 0 Å². The lowest BCUT2D eigenvalue weighted by Crippen LogP contribution is -2.16. The van der Waals surface area contributed by atoms with Gasteiger partial charge in [0.2, 0.25) is 0 Å². The van der Waals surface area contributed by atoms with E-state index in [1.807, 2.05) is 43.3 Å². The van der Waals surface area contributed by atoms with Crippen molar-refractivity contribution in [1.29, 1.82) is 0 Å². The zero-order chi connectivity index (χ0) is 14.5. The van der Waals surface area contributed by atoms with Crippen LogP contribution in [-0.4, -0.2) is 19.1 Å². The van der Waals surface area contributed by atoms with E-state index in [1.165, 1.54) is 5.56 Å². The topological polar surface area (TPSA) is 28.2 Å². The largest absolute Gasteiger partial charge is 0.375 e. The summed E-state index contributed by atoms with van der Waals surface area (Å²) < 4.78 is 0. The Hall–Kier alpha value is -1.74. The van der Waals surface area contributed by atoms with E-state index >= 15 is 0 Å². The first-order valence-corrected chi connectivity index (χ1v) is 7.14. The van der Waals surface area contributed by atoms with E-state index in [2.05, 4.69) is 29.4 Å². The van der Waals surface area contributed by atoms with E-state index in [0.29, 0.717) is 0 Å². The average Bonchev–Trinajstić information content (AvgIpc) is 2.45. The summed E-state index contributed by atoms with van der Waals surface area (Å²) in [4.78, 5) is 6.42. The van der Waals surface area contributed by atoms with E-state index < -0.39 is 0 Å². The van der Waals surface area contributed by atoms with Crippen LogP contribution in [0.5, 0.6) is 0 Å². The third-order valence-electron chi connectivity index (χ3n) is 3.20. The quantitative estimate of drug-likeness (QED) is 0.886. The molecule has 0 aliphatic rings. The van der Waals surface area contributed by atoms with E-state index in [-0.39, 0.29) is 6.04 Å². The highest BCUT2D eigenvalue weighted by atomic mass is 35.5. The number of anilines is 2. The first kappa shape index (κ1) is 14.7. The Morgan fingerprint density at radius 3 is 2.70 bits per heavy atom. The molecule has 20 heavy (non-hydrogen) atoms. The molecule has 0 saturated carbocycles. The maximum atomic E-state index is 6.08. The molecule has 0 aliphatic carbocycles. The van der Waals surface area contributed by atoms with Crippen molar-refractivity contribution < 1.29 is 0 Å². The number of pyridine rings is 1. The second-order valence-corrected chi connectivity index (χ2v) is 5.37. The standard InChI is InChI=1S/C16H20ClN3/c1-4-14(12-7-5-8-13(17)11-12)19-15-9-6-10-18-16(15)20(2)3/h5-11,14,19H,4H2,1-3H3. The molecule has 0 radical (unpaired) electrons. The first-order valence-electron chi connectivity index (χ1n) is 6.76. The molecule has 4 heteroatoms. The highest BCUT2D eigenvalue weighted by Crippen LogP contribution is 2.28. The molecule has 2 rings (SSSR count). The molecule has 0 aliphatic heterocycles. The van der Waals surface area contributed by atoms with Gasteiger partial charge in [-0.2, -0.15) is 0 Å². The summed E-state index contributed by atoms with van der Waals surface area (Å²) in [6.45, 7) is 2.16. The lowest BCUT2D eigenvalue weighted by Gasteiger charge is -2.23. The van der Waals surface area contributed by atoms with Crippen LogP contribution in [0.25, 0.3) is 0 Å². The maximum absolute atomic E-state index is 6.08. The lowest BCUT2D eigenvalue weighted by atomic mass is 10.0. The van der Waals surface area contributed by atoms with Gasteiger partial charge in [0.25, 0.3) is 0 Å². The normalized spacial score (nSPS) is 12.0. The van der Waals surface area contributed by atoms with Crippen LogP contribution < -0.4 is 10.2 Å². The van der Waals surface area contributed by atoms with Gasteiger partial charge in [-0.1, -0.05) is 30.7 Å². The molecular formula is C16H20ClN3. The summed E-state index contributed by atoms with van der Waals surface area (Å²) in [6, 6.07) is 12.2. The molecule has 0 saturated heterocycles. The Labute approximate surface area is 125 Å². The molecule has 1 atom stereocenters. The monoisotopic (exact) mass is 289 g/mol. The molecular weight excluding hydrogens is 270 g/mol. The number of hydrogen-bond acceptors (Lipinski definition) is 3. The van der Waals surface area contributed by atoms with E-state index in [9.17, 15) is 0 Å². The van der Waals surface area contributed by atoms with Crippen LogP contribution in [0.3, 0.4) is 0 Å². The van der Waals surface area contributed by atoms with Crippen molar-refractivity contribution in [3.63, 3.8) is 0 Å². The molecule has 106 valence electrons. The van der Waals surface area contributed by atoms with Gasteiger partial charge in [0.1, 0.15) is 0 Å². The van der Waals surface area contributed by atoms with Crippen LogP contribution in [0.1, 0.15) is 24.9 Å². The second-order valence-electron chi connectivity index (χ2n) is 4.93. The van der Waals surface area contributed by atoms with Crippen molar-refractivity contribution in [3.05, 3.63) is 53.2 Å². The minimum absolute atomic E-state index is 0.219. The Morgan fingerprint density at radius 1 is 1.25 bits per heavy atom. The lowest BCUT2D eigenvalue weighted by molar-refractivity contribution is 0.748. The molecule has 3 nitrogen and oxygen atoms in total. The number of aromatic nitrogens is 1. The Kier molecular flexibility index (Phi) is 4.85. The first-order chi connectivity index (χ1) is 9.61. The van der Waals surface area contributed by atoms with Crippen LogP contribution in [0, 0.1) is 0 Å². The minimum atomic E-state index is 0.219. The number of nitrogens with one attached hydrogen (secondary N) is 1. The highest BCUT2D eigenvalue weighted by Gasteiger charge is 2.13. The fourth-order valence-electron chi connectivity index (χ4n) is 2.20. The van der Waals surface area contributed by atoms with E-state index in [0.717, 1.165) is 22.9 Å². The van der Waals surface area contributed by atoms with Gasteiger partial charge in [-0.05, 0) is 36.2 Å². The van der Waals surface area contributed by atoms with Gasteiger partial charge in [0.05, 0.1) is 11.7 Å². The summed E-state index contributed by atoms with van der Waals surface area (Å²) >= 11 is 6.08. The molecule has 1 heterocycles. The molecule has 0 bridgehead atoms. The number of rotatable bonds is 5. The number of hydrogen-bond donors (Lipinski definition) is 1. The van der Waals surface area contributed by atoms with Crippen LogP contribution in [0.2, 0.25) is 5.02 Å². The highest BCUT2D eigenvalue weighted by molar-refractivity contribution is 6.30. The fourth-order valence-corrected chi connectivity index (χ4v) is 2.40. The maximum Gasteiger partial charge on any atom is 0.151 e. The van der Waals surface area contributed by atoms with Crippen LogP contribution in [0.15, 0.2) is 42.6 Å². The van der Waals surface area contributed by atoms with Crippen molar-refractivity contribution >= 4 is 23.1 Å². The molecule has 1 N–H and O–H groups in total.